The molecule has 10 aromatic carbocycles. The number of hydrogen-bond donors (Lipinski definition) is 1. The maximum absolute atomic E-state index is 12.7. The van der Waals surface area contributed by atoms with Crippen molar-refractivity contribution >= 4 is 105 Å². The number of phenols is 1. The molecule has 0 atom stereocenters. The van der Waals surface area contributed by atoms with Gasteiger partial charge in [0.05, 0.1) is 11.4 Å². The van der Waals surface area contributed by atoms with E-state index in [1.807, 2.05) is 94.8 Å². The van der Waals surface area contributed by atoms with Crippen LogP contribution in [0.2, 0.25) is 0 Å². The molecular weight excluding hydrogens is 957 g/mol. The van der Waals surface area contributed by atoms with Crippen molar-refractivity contribution in [2.24, 2.45) is 0 Å². The van der Waals surface area contributed by atoms with Crippen molar-refractivity contribution in [1.29, 1.82) is 0 Å². The van der Waals surface area contributed by atoms with Crippen LogP contribution in [-0.4, -0.2) is 5.11 Å². The molecule has 3 aliphatic rings. The monoisotopic (exact) mass is 994 g/mol. The fourth-order valence-corrected chi connectivity index (χ4v) is 16.0. The van der Waals surface area contributed by atoms with Gasteiger partial charge in [-0.25, -0.2) is 0 Å². The number of hydrogen-bond acceptors (Lipinski definition) is 9. The van der Waals surface area contributed by atoms with Gasteiger partial charge in [-0.1, -0.05) is 180 Å². The lowest BCUT2D eigenvalue weighted by atomic mass is 9.98. The molecule has 0 saturated heterocycles. The van der Waals surface area contributed by atoms with E-state index in [0.29, 0.717) is 0 Å². The molecular formula is C60H38N2OS6. The number of rotatable bonds is 8. The minimum Gasteiger partial charge on any atom is -0.507 e. The van der Waals surface area contributed by atoms with E-state index in [1.165, 1.54) is 64.3 Å². The average molecular weight is 995 g/mol. The van der Waals surface area contributed by atoms with Crippen LogP contribution in [0.1, 0.15) is 0 Å². The van der Waals surface area contributed by atoms with Crippen LogP contribution in [0.5, 0.6) is 5.75 Å². The highest BCUT2D eigenvalue weighted by Gasteiger charge is 2.28. The van der Waals surface area contributed by atoms with Gasteiger partial charge in [-0.05, 0) is 126 Å². The van der Waals surface area contributed by atoms with Gasteiger partial charge < -0.3 is 14.9 Å². The predicted molar refractivity (Wildman–Crippen MR) is 292 cm³/mol. The van der Waals surface area contributed by atoms with Crippen LogP contribution >= 0.6 is 70.6 Å². The first kappa shape index (κ1) is 42.8. The molecule has 0 amide bonds. The summed E-state index contributed by atoms with van der Waals surface area (Å²) in [5.74, 6) is 0.190. The Morgan fingerprint density at radius 2 is 0.710 bits per heavy atom. The fourth-order valence-electron chi connectivity index (χ4n) is 9.13. The summed E-state index contributed by atoms with van der Waals surface area (Å²) in [6, 6.07) is 80.1. The van der Waals surface area contributed by atoms with E-state index in [9.17, 15) is 5.11 Å². The van der Waals surface area contributed by atoms with Gasteiger partial charge in [0.1, 0.15) is 5.75 Å². The molecule has 0 saturated carbocycles. The molecule has 0 bridgehead atoms. The lowest BCUT2D eigenvalue weighted by Gasteiger charge is -2.32. The van der Waals surface area contributed by atoms with Gasteiger partial charge in [-0.15, -0.1) is 0 Å². The Kier molecular flexibility index (Phi) is 11.3. The van der Waals surface area contributed by atoms with Gasteiger partial charge in [0.2, 0.25) is 0 Å². The third-order valence-corrected chi connectivity index (χ3v) is 20.0. The summed E-state index contributed by atoms with van der Waals surface area (Å²) in [5.41, 5.74) is 9.71. The number of fused-ring (bicyclic) bond motifs is 6. The van der Waals surface area contributed by atoms with E-state index in [0.717, 1.165) is 50.8 Å². The van der Waals surface area contributed by atoms with E-state index >= 15 is 0 Å². The number of para-hydroxylation sites is 1. The van der Waals surface area contributed by atoms with Gasteiger partial charge in [0.25, 0.3) is 0 Å². The maximum Gasteiger partial charge on any atom is 0.127 e. The highest BCUT2D eigenvalue weighted by molar-refractivity contribution is 8.06. The van der Waals surface area contributed by atoms with E-state index < -0.39 is 0 Å². The third-order valence-electron chi connectivity index (χ3n) is 12.3. The molecule has 330 valence electrons. The average Bonchev–Trinajstić information content (AvgIpc) is 3.40. The second kappa shape index (κ2) is 18.2. The largest absolute Gasteiger partial charge is 0.507 e. The van der Waals surface area contributed by atoms with E-state index in [1.54, 1.807) is 0 Å². The molecule has 0 unspecified atom stereocenters. The topological polar surface area (TPSA) is 26.7 Å². The summed E-state index contributed by atoms with van der Waals surface area (Å²) in [4.78, 5) is 19.7. The first-order valence-corrected chi connectivity index (χ1v) is 27.4. The van der Waals surface area contributed by atoms with E-state index in [-0.39, 0.29) is 5.75 Å². The summed E-state index contributed by atoms with van der Waals surface area (Å²) < 4.78 is 0. The summed E-state index contributed by atoms with van der Waals surface area (Å²) in [6.07, 6.45) is 0. The van der Waals surface area contributed by atoms with Crippen LogP contribution in [-0.2, 0) is 0 Å². The molecule has 3 heterocycles. The predicted octanol–water partition coefficient (Wildman–Crippen LogP) is 19.5. The molecule has 0 fully saturated rings. The molecule has 0 radical (unpaired) electrons. The van der Waals surface area contributed by atoms with Crippen molar-refractivity contribution in [2.45, 2.75) is 58.7 Å². The smallest absolute Gasteiger partial charge is 0.127 e. The Balaban J connectivity index is 0.979. The number of benzene rings is 10. The molecule has 0 aliphatic carbocycles. The van der Waals surface area contributed by atoms with Crippen molar-refractivity contribution in [3.05, 3.63) is 224 Å². The normalized spacial score (nSPS) is 12.9. The molecule has 0 spiro atoms. The van der Waals surface area contributed by atoms with Crippen LogP contribution in [0.15, 0.2) is 283 Å². The summed E-state index contributed by atoms with van der Waals surface area (Å²) in [6.45, 7) is 0. The second-order valence-corrected chi connectivity index (χ2v) is 23.1. The zero-order valence-corrected chi connectivity index (χ0v) is 41.6. The van der Waals surface area contributed by atoms with Crippen molar-refractivity contribution in [3.63, 3.8) is 0 Å². The fraction of sp³-hybridized carbons (Fsp3) is 0. The minimum absolute atomic E-state index is 0.190. The Bertz CT molecular complexity index is 3510. The highest BCUT2D eigenvalue weighted by atomic mass is 32.2. The standard InChI is InChI=1S/C60H38N2OS6/c63-47-35-44(61(42-30-32-54-57(36-42)67-50-21-9-7-19-48(50)64-54)43-31-33-55-58(37-43)68-51-22-10-8-20-49(51)65-55)34-46(59(47)39-14-3-1-4-15-39)62(40-16-5-2-6-17-40)41-28-26-38(27-29-41)45-18-13-25-56-60(45)69-53-24-12-11-23-52(53)66-56/h1-37,63H. The van der Waals surface area contributed by atoms with E-state index in [4.69, 9.17) is 0 Å². The van der Waals surface area contributed by atoms with Crippen molar-refractivity contribution in [3.8, 4) is 28.0 Å². The molecule has 3 aliphatic heterocycles. The number of aromatic hydroxyl groups is 1. The highest BCUT2D eigenvalue weighted by Crippen LogP contribution is 2.56. The van der Waals surface area contributed by atoms with Crippen LogP contribution < -0.4 is 9.80 Å². The molecule has 69 heavy (non-hydrogen) atoms. The Morgan fingerprint density at radius 3 is 1.28 bits per heavy atom. The first-order chi connectivity index (χ1) is 34.1. The van der Waals surface area contributed by atoms with Crippen molar-refractivity contribution in [1.82, 2.24) is 0 Å². The quantitative estimate of drug-likeness (QED) is 0.160. The molecule has 1 N–H and O–H groups in total. The van der Waals surface area contributed by atoms with Crippen LogP contribution in [0.25, 0.3) is 22.3 Å². The lowest BCUT2D eigenvalue weighted by Crippen LogP contribution is -2.15. The van der Waals surface area contributed by atoms with Gasteiger partial charge in [-0.2, -0.15) is 0 Å². The number of anilines is 6. The Labute approximate surface area is 427 Å². The van der Waals surface area contributed by atoms with Crippen LogP contribution in [0.3, 0.4) is 0 Å². The third kappa shape index (κ3) is 8.11. The van der Waals surface area contributed by atoms with Gasteiger partial charge in [0.15, 0.2) is 0 Å². The second-order valence-electron chi connectivity index (χ2n) is 16.6. The number of phenolic OH excluding ortho intramolecular Hbond substituents is 1. The zero-order valence-electron chi connectivity index (χ0n) is 36.7. The molecule has 9 heteroatoms. The van der Waals surface area contributed by atoms with Gasteiger partial charge in [0, 0.05) is 93.1 Å². The van der Waals surface area contributed by atoms with Crippen LogP contribution in [0, 0.1) is 0 Å². The maximum atomic E-state index is 12.7. The zero-order chi connectivity index (χ0) is 45.8. The summed E-state index contributed by atoms with van der Waals surface area (Å²) in [7, 11) is 0. The molecule has 13 rings (SSSR count). The van der Waals surface area contributed by atoms with Gasteiger partial charge in [-0.3, -0.25) is 0 Å². The summed E-state index contributed by atoms with van der Waals surface area (Å²) >= 11 is 11.0. The Hall–Kier alpha value is -6.30. The first-order valence-electron chi connectivity index (χ1n) is 22.5. The SMILES string of the molecule is Oc1cc(N(c2ccc3c(c2)Sc2ccccc2S3)c2ccc3c(c2)Sc2ccccc2S3)cc(N(c2ccccc2)c2ccc(-c3cccc4c3Sc3ccccc3S4)cc2)c1-c1ccccc1. The van der Waals surface area contributed by atoms with E-state index in [2.05, 4.69) is 210 Å². The molecule has 10 aromatic rings. The van der Waals surface area contributed by atoms with Crippen LogP contribution in [0.4, 0.5) is 34.1 Å². The van der Waals surface area contributed by atoms with Crippen molar-refractivity contribution in [2.75, 3.05) is 9.80 Å². The lowest BCUT2D eigenvalue weighted by molar-refractivity contribution is 0.477. The minimum atomic E-state index is 0.190. The van der Waals surface area contributed by atoms with Gasteiger partial charge >= 0.3 is 0 Å². The Morgan fingerprint density at radius 1 is 0.275 bits per heavy atom. The molecule has 3 nitrogen and oxygen atoms in total. The molecule has 0 aromatic heterocycles. The number of nitrogens with zero attached hydrogens (tertiary/aromatic N) is 2. The summed E-state index contributed by atoms with van der Waals surface area (Å²) in [5, 5.41) is 12.7. The van der Waals surface area contributed by atoms with Crippen molar-refractivity contribution < 1.29 is 5.11 Å².